The number of fused-ring (bicyclic) bond motifs is 5. The van der Waals surface area contributed by atoms with Crippen LogP contribution in [0.2, 0.25) is 0 Å². The van der Waals surface area contributed by atoms with Crippen LogP contribution in [0.3, 0.4) is 0 Å². The van der Waals surface area contributed by atoms with E-state index in [1.807, 2.05) is 0 Å². The third kappa shape index (κ3) is 11.0. The Bertz CT molecular complexity index is 1950. The standard InChI is InChI=1S/C54H92O22/c1-24(27-15-16-52(6)33-12-10-28-29(54(33,8)34(59)19-53(27,52)7)11-14-35(50(28,2)3)74-47-44(66)41(63)38(60)30(21-56)71-47)9-13-36(51(4,5)68)75-49-46(76-48-45(67)42(64)39(61)31(22-57)72-48)43(65)40(62)32(73-49)23-69-37-18-25(58)17-26(20-55)70-37/h10,24-27,29-49,55-68H,9,11-23H2,1-8H3/t24-,25+,26?,27?,29?,30-,31+,32-,33?,34-,35+,36-,37+,38-,39+,40-,41+,42-,43+,44-,45+,46-,47+,48-,49+,52+,53-,54+/m1/s1. The molecule has 440 valence electrons. The number of aliphatic hydroxyl groups excluding tert-OH is 13. The number of aliphatic hydroxyl groups is 14. The summed E-state index contributed by atoms with van der Waals surface area (Å²) in [4.78, 5) is 0. The topological polar surface area (TPSA) is 357 Å². The van der Waals surface area contributed by atoms with Crippen molar-refractivity contribution in [2.24, 2.45) is 45.3 Å². The molecule has 8 aliphatic rings. The Morgan fingerprint density at radius 1 is 0.658 bits per heavy atom. The lowest BCUT2D eigenvalue weighted by Gasteiger charge is -2.67. The molecule has 0 bridgehead atoms. The van der Waals surface area contributed by atoms with E-state index in [-0.39, 0.29) is 67.0 Å². The van der Waals surface area contributed by atoms with Gasteiger partial charge in [0, 0.05) is 23.7 Å². The number of allylic oxidation sites excluding steroid dienone is 1. The van der Waals surface area contributed by atoms with Gasteiger partial charge in [0.2, 0.25) is 0 Å². The first-order valence-electron chi connectivity index (χ1n) is 27.8. The Morgan fingerprint density at radius 3 is 1.84 bits per heavy atom. The van der Waals surface area contributed by atoms with E-state index in [1.54, 1.807) is 13.8 Å². The fourth-order valence-electron chi connectivity index (χ4n) is 15.6. The molecular formula is C54H92O22. The zero-order chi connectivity index (χ0) is 55.8. The summed E-state index contributed by atoms with van der Waals surface area (Å²) < 4.78 is 48.4. The van der Waals surface area contributed by atoms with Gasteiger partial charge >= 0.3 is 0 Å². The highest BCUT2D eigenvalue weighted by molar-refractivity contribution is 5.32. The molecule has 0 aromatic carbocycles. The zero-order valence-corrected chi connectivity index (χ0v) is 45.4. The van der Waals surface area contributed by atoms with Gasteiger partial charge in [-0.25, -0.2) is 0 Å². The van der Waals surface area contributed by atoms with Crippen LogP contribution in [0.5, 0.6) is 0 Å². The van der Waals surface area contributed by atoms with Crippen LogP contribution in [0.1, 0.15) is 120 Å². The highest BCUT2D eigenvalue weighted by Crippen LogP contribution is 2.75. The van der Waals surface area contributed by atoms with Crippen molar-refractivity contribution in [3.63, 3.8) is 0 Å². The molecule has 0 aromatic rings. The molecule has 0 aromatic heterocycles. The van der Waals surface area contributed by atoms with Crippen molar-refractivity contribution < 1.29 is 109 Å². The number of hydrogen-bond donors (Lipinski definition) is 14. The molecule has 22 nitrogen and oxygen atoms in total. The van der Waals surface area contributed by atoms with Crippen LogP contribution < -0.4 is 0 Å². The fourth-order valence-corrected chi connectivity index (χ4v) is 15.6. The maximum Gasteiger partial charge on any atom is 0.187 e. The highest BCUT2D eigenvalue weighted by Gasteiger charge is 2.70. The van der Waals surface area contributed by atoms with Gasteiger partial charge in [-0.15, -0.1) is 0 Å². The van der Waals surface area contributed by atoms with Crippen LogP contribution in [0.4, 0.5) is 0 Å². The van der Waals surface area contributed by atoms with E-state index >= 15 is 0 Å². The molecule has 4 heterocycles. The second-order valence-corrected chi connectivity index (χ2v) is 25.7. The lowest BCUT2D eigenvalue weighted by Crippen LogP contribution is -2.65. The average Bonchev–Trinajstić information content (AvgIpc) is 3.84. The van der Waals surface area contributed by atoms with Gasteiger partial charge in [0.1, 0.15) is 73.2 Å². The molecule has 28 atom stereocenters. The van der Waals surface area contributed by atoms with Crippen molar-refractivity contribution in [1.29, 1.82) is 0 Å². The van der Waals surface area contributed by atoms with Gasteiger partial charge in [-0.3, -0.25) is 0 Å². The van der Waals surface area contributed by atoms with E-state index in [2.05, 4.69) is 47.6 Å². The first kappa shape index (κ1) is 60.9. The molecule has 76 heavy (non-hydrogen) atoms. The van der Waals surface area contributed by atoms with E-state index in [0.717, 1.165) is 19.3 Å². The summed E-state index contributed by atoms with van der Waals surface area (Å²) in [5, 5.41) is 151. The molecular weight excluding hydrogens is 1000 g/mol. The molecule has 4 unspecified atom stereocenters. The maximum absolute atomic E-state index is 12.7. The molecule has 4 aliphatic heterocycles. The molecule has 7 fully saturated rings. The minimum atomic E-state index is -1.87. The van der Waals surface area contributed by atoms with Gasteiger partial charge in [0.15, 0.2) is 25.2 Å². The molecule has 3 saturated carbocycles. The van der Waals surface area contributed by atoms with Gasteiger partial charge in [-0.05, 0) is 99.7 Å². The smallest absolute Gasteiger partial charge is 0.187 e. The number of rotatable bonds is 17. The lowest BCUT2D eigenvalue weighted by molar-refractivity contribution is -0.378. The lowest BCUT2D eigenvalue weighted by atomic mass is 9.38. The molecule has 22 heteroatoms. The Kier molecular flexibility index (Phi) is 18.6. The van der Waals surface area contributed by atoms with Gasteiger partial charge in [0.25, 0.3) is 0 Å². The number of ether oxygens (including phenoxy) is 8. The molecule has 8 rings (SSSR count). The van der Waals surface area contributed by atoms with Crippen LogP contribution >= 0.6 is 0 Å². The maximum atomic E-state index is 12.7. The predicted molar refractivity (Wildman–Crippen MR) is 265 cm³/mol. The second-order valence-electron chi connectivity index (χ2n) is 25.7. The summed E-state index contributed by atoms with van der Waals surface area (Å²) in [6, 6.07) is 0. The third-order valence-corrected chi connectivity index (χ3v) is 20.5. The molecule has 0 radical (unpaired) electrons. The molecule has 14 N–H and O–H groups in total. The Labute approximate surface area is 445 Å². The first-order valence-corrected chi connectivity index (χ1v) is 27.8. The first-order chi connectivity index (χ1) is 35.6. The third-order valence-electron chi connectivity index (χ3n) is 20.5. The summed E-state index contributed by atoms with van der Waals surface area (Å²) in [6.07, 6.45) is -20.3. The van der Waals surface area contributed by atoms with Gasteiger partial charge in [0.05, 0.1) is 62.5 Å². The van der Waals surface area contributed by atoms with Gasteiger partial charge in [-0.1, -0.05) is 53.2 Å². The molecule has 0 amide bonds. The summed E-state index contributed by atoms with van der Waals surface area (Å²) in [5.41, 5.74) is -1.87. The number of hydrogen-bond acceptors (Lipinski definition) is 22. The minimum Gasteiger partial charge on any atom is -0.394 e. The van der Waals surface area contributed by atoms with Crippen molar-refractivity contribution >= 4 is 0 Å². The summed E-state index contributed by atoms with van der Waals surface area (Å²) in [6.45, 7) is 14.4. The van der Waals surface area contributed by atoms with E-state index in [0.29, 0.717) is 25.7 Å². The largest absolute Gasteiger partial charge is 0.394 e. The summed E-state index contributed by atoms with van der Waals surface area (Å²) in [7, 11) is 0. The normalized spacial score (nSPS) is 50.5. The fraction of sp³-hybridized carbons (Fsp3) is 0.963. The van der Waals surface area contributed by atoms with E-state index in [1.165, 1.54) is 5.57 Å². The quantitative estimate of drug-likeness (QED) is 0.0763. The minimum absolute atomic E-state index is 0.0295. The van der Waals surface area contributed by atoms with Crippen molar-refractivity contribution in [1.82, 2.24) is 0 Å². The molecule has 4 aliphatic carbocycles. The van der Waals surface area contributed by atoms with Crippen LogP contribution in [0.25, 0.3) is 0 Å². The van der Waals surface area contributed by atoms with E-state index < -0.39 is 159 Å². The summed E-state index contributed by atoms with van der Waals surface area (Å²) >= 11 is 0. The van der Waals surface area contributed by atoms with Crippen LogP contribution in [0, 0.1) is 45.3 Å². The van der Waals surface area contributed by atoms with Crippen LogP contribution in [0.15, 0.2) is 11.6 Å². The highest BCUT2D eigenvalue weighted by atomic mass is 16.8. The summed E-state index contributed by atoms with van der Waals surface area (Å²) in [5.74, 6) is 0.360. The van der Waals surface area contributed by atoms with Crippen LogP contribution in [-0.4, -0.2) is 232 Å². The average molecular weight is 1090 g/mol. The SMILES string of the molecule is C[C@H](CC[C@@H](O[C@@H]1O[C@H](CO[C@@H]2C[C@@H](O)CC(CO)O2)[C@@H](O)[C@H](O)[C@H]1O[C@H]1O[C@@H](CO)[C@H](O)[C@@H](O)[C@@H]1O)C(C)(C)O)C1CC[C@@]2(C)C3CC=C4C(CC[C@H](O[C@@H]5O[C@H](CO)[C@@H](O)[C@H](O)[C@H]5O)C4(C)C)[C@]3(C)[C@H](O)C[C@]12C. The molecule has 0 spiro atoms. The van der Waals surface area contributed by atoms with Crippen molar-refractivity contribution in [2.45, 2.75) is 254 Å². The second kappa shape index (κ2) is 23.3. The Balaban J connectivity index is 0.980. The monoisotopic (exact) mass is 1090 g/mol. The Morgan fingerprint density at radius 2 is 1.25 bits per heavy atom. The van der Waals surface area contributed by atoms with Crippen molar-refractivity contribution in [3.8, 4) is 0 Å². The van der Waals surface area contributed by atoms with Crippen molar-refractivity contribution in [3.05, 3.63) is 11.6 Å². The van der Waals surface area contributed by atoms with Gasteiger partial charge in [-0.2, -0.15) is 0 Å². The van der Waals surface area contributed by atoms with E-state index in [4.69, 9.17) is 37.9 Å². The molecule has 4 saturated heterocycles. The van der Waals surface area contributed by atoms with Crippen LogP contribution in [-0.2, 0) is 37.9 Å². The Hall–Kier alpha value is -1.14. The predicted octanol–water partition coefficient (Wildman–Crippen LogP) is -1.17. The van der Waals surface area contributed by atoms with Crippen molar-refractivity contribution in [2.75, 3.05) is 26.4 Å². The van der Waals surface area contributed by atoms with E-state index in [9.17, 15) is 71.5 Å². The zero-order valence-electron chi connectivity index (χ0n) is 45.4. The van der Waals surface area contributed by atoms with Gasteiger partial charge < -0.3 is 109 Å².